The maximum atomic E-state index is 11.8. The van der Waals surface area contributed by atoms with Gasteiger partial charge in [0.05, 0.1) is 18.2 Å². The van der Waals surface area contributed by atoms with E-state index in [0.29, 0.717) is 11.8 Å². The molecular weight excluding hydrogens is 326 g/mol. The van der Waals surface area contributed by atoms with E-state index in [-0.39, 0.29) is 11.9 Å². The van der Waals surface area contributed by atoms with Gasteiger partial charge in [-0.15, -0.1) is 0 Å². The average molecular weight is 348 g/mol. The number of carbonyl (C=O) groups is 1. The van der Waals surface area contributed by atoms with Crippen molar-refractivity contribution in [2.75, 3.05) is 19.7 Å². The van der Waals surface area contributed by atoms with Gasteiger partial charge >= 0.3 is 5.97 Å². The van der Waals surface area contributed by atoms with E-state index in [1.165, 1.54) is 5.69 Å². The Morgan fingerprint density at radius 1 is 1.33 bits per heavy atom. The molecule has 5 nitrogen and oxygen atoms in total. The van der Waals surface area contributed by atoms with Crippen molar-refractivity contribution < 1.29 is 9.53 Å². The van der Waals surface area contributed by atoms with Gasteiger partial charge in [0.25, 0.3) is 0 Å². The van der Waals surface area contributed by atoms with Crippen molar-refractivity contribution in [2.45, 2.75) is 26.3 Å². The van der Waals surface area contributed by atoms with Crippen molar-refractivity contribution in [1.29, 1.82) is 0 Å². The Kier molecular flexibility index (Phi) is 5.53. The number of piperidine rings is 1. The third-order valence-electron chi connectivity index (χ3n) is 4.43. The highest BCUT2D eigenvalue weighted by atomic mass is 35.5. The monoisotopic (exact) mass is 347 g/mol. The SMILES string of the molecule is CCOC(=O)C1CCN(Cc2cccn2-c2cccnc2Cl)CC1. The first-order chi connectivity index (χ1) is 11.7. The molecule has 3 rings (SSSR count). The Morgan fingerprint density at radius 2 is 2.12 bits per heavy atom. The molecule has 1 saturated heterocycles. The molecule has 2 aromatic rings. The molecule has 0 bridgehead atoms. The van der Waals surface area contributed by atoms with Crippen LogP contribution in [0.4, 0.5) is 0 Å². The predicted octanol–water partition coefficient (Wildman–Crippen LogP) is 3.30. The molecule has 24 heavy (non-hydrogen) atoms. The van der Waals surface area contributed by atoms with Gasteiger partial charge in [-0.2, -0.15) is 0 Å². The molecule has 2 aromatic heterocycles. The lowest BCUT2D eigenvalue weighted by atomic mass is 9.97. The van der Waals surface area contributed by atoms with Crippen LogP contribution in [0.5, 0.6) is 0 Å². The number of carbonyl (C=O) groups excluding carboxylic acids is 1. The standard InChI is InChI=1S/C18H22ClN3O2/c1-2-24-18(23)14-7-11-21(12-8-14)13-15-5-4-10-22(15)16-6-3-9-20-17(16)19/h3-6,9-10,14H,2,7-8,11-13H2,1H3. The van der Waals surface area contributed by atoms with Gasteiger partial charge in [0.15, 0.2) is 5.15 Å². The minimum atomic E-state index is -0.0531. The number of ether oxygens (including phenoxy) is 1. The topological polar surface area (TPSA) is 47.4 Å². The fraction of sp³-hybridized carbons (Fsp3) is 0.444. The van der Waals surface area contributed by atoms with Gasteiger partial charge < -0.3 is 9.30 Å². The van der Waals surface area contributed by atoms with Gasteiger partial charge in [0, 0.05) is 24.6 Å². The van der Waals surface area contributed by atoms with E-state index in [0.717, 1.165) is 38.2 Å². The lowest BCUT2D eigenvalue weighted by Gasteiger charge is -2.31. The molecular formula is C18H22ClN3O2. The van der Waals surface area contributed by atoms with Crippen molar-refractivity contribution >= 4 is 17.6 Å². The van der Waals surface area contributed by atoms with Gasteiger partial charge in [0.2, 0.25) is 0 Å². The number of hydrogen-bond acceptors (Lipinski definition) is 4. The van der Waals surface area contributed by atoms with Crippen LogP contribution in [0.3, 0.4) is 0 Å². The first-order valence-corrected chi connectivity index (χ1v) is 8.73. The van der Waals surface area contributed by atoms with Crippen molar-refractivity contribution in [3.63, 3.8) is 0 Å². The Balaban J connectivity index is 1.64. The van der Waals surface area contributed by atoms with Crippen molar-refractivity contribution in [1.82, 2.24) is 14.5 Å². The lowest BCUT2D eigenvalue weighted by molar-refractivity contribution is -0.149. The number of pyridine rings is 1. The summed E-state index contributed by atoms with van der Waals surface area (Å²) in [7, 11) is 0. The predicted molar refractivity (Wildman–Crippen MR) is 93.2 cm³/mol. The number of nitrogens with zero attached hydrogens (tertiary/aromatic N) is 3. The number of esters is 1. The largest absolute Gasteiger partial charge is 0.466 e. The minimum Gasteiger partial charge on any atom is -0.466 e. The summed E-state index contributed by atoms with van der Waals surface area (Å²) in [5.74, 6) is -0.0107. The number of aromatic nitrogens is 2. The van der Waals surface area contributed by atoms with Crippen LogP contribution in [0.1, 0.15) is 25.5 Å². The second-order valence-electron chi connectivity index (χ2n) is 5.99. The van der Waals surface area contributed by atoms with Crippen LogP contribution in [-0.4, -0.2) is 40.1 Å². The Morgan fingerprint density at radius 3 is 2.83 bits per heavy atom. The third-order valence-corrected chi connectivity index (χ3v) is 4.72. The number of rotatable bonds is 5. The fourth-order valence-corrected chi connectivity index (χ4v) is 3.36. The summed E-state index contributed by atoms with van der Waals surface area (Å²) < 4.78 is 7.21. The zero-order chi connectivity index (χ0) is 16.9. The molecule has 0 aliphatic carbocycles. The number of halogens is 1. The summed E-state index contributed by atoms with van der Waals surface area (Å²) >= 11 is 6.22. The zero-order valence-corrected chi connectivity index (χ0v) is 14.6. The van der Waals surface area contributed by atoms with Gasteiger partial charge in [-0.25, -0.2) is 4.98 Å². The average Bonchev–Trinajstić information content (AvgIpc) is 3.04. The first-order valence-electron chi connectivity index (χ1n) is 8.35. The maximum absolute atomic E-state index is 11.8. The molecule has 0 spiro atoms. The van der Waals surface area contributed by atoms with Crippen LogP contribution in [0.25, 0.3) is 5.69 Å². The summed E-state index contributed by atoms with van der Waals surface area (Å²) in [5.41, 5.74) is 2.06. The maximum Gasteiger partial charge on any atom is 0.309 e. The van der Waals surface area contributed by atoms with E-state index < -0.39 is 0 Å². The molecule has 0 amide bonds. The highest BCUT2D eigenvalue weighted by Crippen LogP contribution is 2.23. The number of likely N-dealkylation sites (tertiary alicyclic amines) is 1. The van der Waals surface area contributed by atoms with E-state index in [4.69, 9.17) is 16.3 Å². The van der Waals surface area contributed by atoms with Crippen LogP contribution >= 0.6 is 11.6 Å². The summed E-state index contributed by atoms with van der Waals surface area (Å²) in [6, 6.07) is 7.96. The normalized spacial score (nSPS) is 16.2. The Bertz CT molecular complexity index is 693. The van der Waals surface area contributed by atoms with Gasteiger partial charge in [-0.1, -0.05) is 11.6 Å². The molecule has 6 heteroatoms. The summed E-state index contributed by atoms with van der Waals surface area (Å²) in [4.78, 5) is 18.3. The molecule has 1 aliphatic rings. The molecule has 0 unspecified atom stereocenters. The molecule has 0 aromatic carbocycles. The first kappa shape index (κ1) is 17.0. The Labute approximate surface area is 147 Å². The van der Waals surface area contributed by atoms with Crippen LogP contribution < -0.4 is 0 Å². The van der Waals surface area contributed by atoms with Crippen molar-refractivity contribution in [2.24, 2.45) is 5.92 Å². The van der Waals surface area contributed by atoms with E-state index in [2.05, 4.69) is 20.5 Å². The van der Waals surface area contributed by atoms with E-state index in [9.17, 15) is 4.79 Å². The minimum absolute atomic E-state index is 0.0424. The van der Waals surface area contributed by atoms with E-state index in [1.807, 2.05) is 31.3 Å². The lowest BCUT2D eigenvalue weighted by Crippen LogP contribution is -2.36. The van der Waals surface area contributed by atoms with Gasteiger partial charge in [0.1, 0.15) is 0 Å². The van der Waals surface area contributed by atoms with Crippen LogP contribution in [0.15, 0.2) is 36.7 Å². The van der Waals surface area contributed by atoms with Crippen LogP contribution in [0.2, 0.25) is 5.15 Å². The summed E-state index contributed by atoms with van der Waals surface area (Å²) in [6.07, 6.45) is 5.40. The molecule has 1 aliphatic heterocycles. The highest BCUT2D eigenvalue weighted by molar-refractivity contribution is 6.31. The fourth-order valence-electron chi connectivity index (χ4n) is 3.15. The van der Waals surface area contributed by atoms with Crippen LogP contribution in [-0.2, 0) is 16.1 Å². The second-order valence-corrected chi connectivity index (χ2v) is 6.34. The molecule has 128 valence electrons. The van der Waals surface area contributed by atoms with Gasteiger partial charge in [-0.3, -0.25) is 9.69 Å². The van der Waals surface area contributed by atoms with Crippen molar-refractivity contribution in [3.05, 3.63) is 47.5 Å². The zero-order valence-electron chi connectivity index (χ0n) is 13.8. The molecule has 0 N–H and O–H groups in total. The smallest absolute Gasteiger partial charge is 0.309 e. The quantitative estimate of drug-likeness (QED) is 0.615. The summed E-state index contributed by atoms with van der Waals surface area (Å²) in [5, 5.41) is 0.496. The third kappa shape index (κ3) is 3.79. The molecule has 0 saturated carbocycles. The molecule has 1 fully saturated rings. The Hall–Kier alpha value is -1.85. The molecule has 0 radical (unpaired) electrons. The second kappa shape index (κ2) is 7.81. The summed E-state index contributed by atoms with van der Waals surface area (Å²) in [6.45, 7) is 4.93. The highest BCUT2D eigenvalue weighted by Gasteiger charge is 2.26. The molecule has 3 heterocycles. The van der Waals surface area contributed by atoms with Gasteiger partial charge in [-0.05, 0) is 57.1 Å². The number of hydrogen-bond donors (Lipinski definition) is 0. The molecule has 0 atom stereocenters. The van der Waals surface area contributed by atoms with E-state index in [1.54, 1.807) is 6.20 Å². The van der Waals surface area contributed by atoms with Crippen molar-refractivity contribution in [3.8, 4) is 5.69 Å². The van der Waals surface area contributed by atoms with Crippen LogP contribution in [0, 0.1) is 5.92 Å². The van der Waals surface area contributed by atoms with E-state index >= 15 is 0 Å².